The van der Waals surface area contributed by atoms with Gasteiger partial charge >= 0.3 is 0 Å². The fourth-order valence-electron chi connectivity index (χ4n) is 3.35. The molecule has 0 bridgehead atoms. The Kier molecular flexibility index (Phi) is 5.17. The molecule has 7 nitrogen and oxygen atoms in total. The Balaban J connectivity index is 1.71. The van der Waals surface area contributed by atoms with Gasteiger partial charge in [0.2, 0.25) is 0 Å². The lowest BCUT2D eigenvalue weighted by atomic mass is 9.90. The van der Waals surface area contributed by atoms with E-state index < -0.39 is 10.8 Å². The van der Waals surface area contributed by atoms with Crippen molar-refractivity contribution in [1.29, 1.82) is 0 Å². The minimum atomic E-state index is -0.841. The zero-order valence-electron chi connectivity index (χ0n) is 15.8. The Bertz CT molecular complexity index is 1210. The average Bonchev–Trinajstić information content (AvgIpc) is 3.21. The molecule has 0 unspecified atom stereocenters. The molecule has 1 aromatic heterocycles. The van der Waals surface area contributed by atoms with Crippen LogP contribution in [0.4, 0.5) is 5.69 Å². The Morgan fingerprint density at radius 3 is 2.37 bits per heavy atom. The van der Waals surface area contributed by atoms with Crippen LogP contribution in [0, 0.1) is 10.1 Å². The lowest BCUT2D eigenvalue weighted by Gasteiger charge is -2.13. The number of carbonyl (C=O) groups excluding carboxylic acids is 2. The molecule has 1 N–H and O–H groups in total. The van der Waals surface area contributed by atoms with Gasteiger partial charge in [-0.05, 0) is 12.1 Å². The highest BCUT2D eigenvalue weighted by Crippen LogP contribution is 2.27. The second-order valence-corrected chi connectivity index (χ2v) is 6.86. The van der Waals surface area contributed by atoms with E-state index in [1.807, 2.05) is 24.3 Å². The van der Waals surface area contributed by atoms with E-state index in [9.17, 15) is 19.7 Å². The lowest BCUT2D eigenvalue weighted by molar-refractivity contribution is -0.384. The number of aromatic amines is 1. The second kappa shape index (κ2) is 8.08. The number of hydrogen-bond acceptors (Lipinski definition) is 5. The van der Waals surface area contributed by atoms with Crippen molar-refractivity contribution in [1.82, 2.24) is 9.97 Å². The molecule has 0 aliphatic carbocycles. The number of para-hydroxylation sites is 2. The number of hydrogen-bond donors (Lipinski definition) is 1. The Labute approximate surface area is 171 Å². The molecule has 0 aliphatic rings. The largest absolute Gasteiger partial charge is 0.341 e. The number of Topliss-reactive ketones (excluding diaryl/α,β-unsaturated/α-hetero) is 2. The third-order valence-corrected chi connectivity index (χ3v) is 4.88. The Morgan fingerprint density at radius 2 is 1.63 bits per heavy atom. The molecule has 0 radical (unpaired) electrons. The van der Waals surface area contributed by atoms with Crippen LogP contribution in [-0.2, 0) is 0 Å². The van der Waals surface area contributed by atoms with Crippen LogP contribution >= 0.6 is 0 Å². The number of nitrogens with one attached hydrogen (secondary N) is 1. The van der Waals surface area contributed by atoms with Crippen molar-refractivity contribution in [3.8, 4) is 0 Å². The minimum absolute atomic E-state index is 0.158. The number of non-ortho nitro benzene ring substituents is 1. The van der Waals surface area contributed by atoms with Crippen LogP contribution in [0.3, 0.4) is 0 Å². The summed E-state index contributed by atoms with van der Waals surface area (Å²) in [5.41, 5.74) is 1.94. The van der Waals surface area contributed by atoms with E-state index in [-0.39, 0.29) is 29.2 Å². The van der Waals surface area contributed by atoms with E-state index in [0.29, 0.717) is 16.9 Å². The predicted molar refractivity (Wildman–Crippen MR) is 112 cm³/mol. The molecule has 1 heterocycles. The molecule has 148 valence electrons. The van der Waals surface area contributed by atoms with Crippen LogP contribution in [0.5, 0.6) is 0 Å². The predicted octanol–water partition coefficient (Wildman–Crippen LogP) is 4.71. The number of rotatable bonds is 7. The maximum absolute atomic E-state index is 13.2. The number of nitro groups is 1. The van der Waals surface area contributed by atoms with Gasteiger partial charge in [-0.3, -0.25) is 19.7 Å². The van der Waals surface area contributed by atoms with Crippen LogP contribution < -0.4 is 0 Å². The van der Waals surface area contributed by atoms with Gasteiger partial charge in [-0.15, -0.1) is 0 Å². The summed E-state index contributed by atoms with van der Waals surface area (Å²) in [6.45, 7) is 0. The van der Waals surface area contributed by atoms with Crippen molar-refractivity contribution in [2.45, 2.75) is 12.3 Å². The number of imidazole rings is 1. The highest BCUT2D eigenvalue weighted by atomic mass is 16.6. The Hall–Kier alpha value is -4.13. The zero-order valence-corrected chi connectivity index (χ0v) is 15.8. The van der Waals surface area contributed by atoms with Crippen molar-refractivity contribution >= 4 is 28.3 Å². The quantitative estimate of drug-likeness (QED) is 0.275. The van der Waals surface area contributed by atoms with Gasteiger partial charge in [-0.25, -0.2) is 4.98 Å². The van der Waals surface area contributed by atoms with Gasteiger partial charge in [0, 0.05) is 29.7 Å². The molecule has 7 heteroatoms. The molecule has 0 spiro atoms. The van der Waals surface area contributed by atoms with E-state index in [4.69, 9.17) is 0 Å². The van der Waals surface area contributed by atoms with Gasteiger partial charge in [-0.2, -0.15) is 0 Å². The normalized spacial score (nSPS) is 11.9. The summed E-state index contributed by atoms with van der Waals surface area (Å²) in [5, 5.41) is 11.0. The van der Waals surface area contributed by atoms with Gasteiger partial charge < -0.3 is 4.98 Å². The summed E-state index contributed by atoms with van der Waals surface area (Å²) in [4.78, 5) is 44.3. The number of nitrogens with zero attached hydrogens (tertiary/aromatic N) is 2. The van der Waals surface area contributed by atoms with Crippen molar-refractivity contribution in [2.24, 2.45) is 0 Å². The molecule has 0 aliphatic heterocycles. The first-order valence-electron chi connectivity index (χ1n) is 9.34. The summed E-state index contributed by atoms with van der Waals surface area (Å²) in [6, 6.07) is 21.6. The standard InChI is InChI=1S/C23H17N3O4/c27-21(16-9-6-10-17(13-16)26(29)30)14-18(22(28)15-7-2-1-3-8-15)23-24-19-11-4-5-12-20(19)25-23/h1-13,18H,14H2,(H,24,25)/t18-/m1/s1. The van der Waals surface area contributed by atoms with E-state index in [1.165, 1.54) is 24.3 Å². The van der Waals surface area contributed by atoms with Gasteiger partial charge in [0.05, 0.1) is 21.9 Å². The minimum Gasteiger partial charge on any atom is -0.341 e. The number of fused-ring (bicyclic) bond motifs is 1. The fourth-order valence-corrected chi connectivity index (χ4v) is 3.35. The van der Waals surface area contributed by atoms with E-state index in [0.717, 1.165) is 5.52 Å². The number of benzene rings is 3. The SMILES string of the molecule is O=C(C[C@H](C(=O)c1ccccc1)c1nc2ccccc2[nH]1)c1cccc([N+](=O)[O-])c1. The summed E-state index contributed by atoms with van der Waals surface area (Å²) >= 11 is 0. The lowest BCUT2D eigenvalue weighted by Crippen LogP contribution is -2.18. The first kappa shape index (κ1) is 19.2. The number of ketones is 2. The smallest absolute Gasteiger partial charge is 0.270 e. The van der Waals surface area contributed by atoms with Gasteiger partial charge in [-0.1, -0.05) is 54.6 Å². The van der Waals surface area contributed by atoms with Crippen molar-refractivity contribution in [2.75, 3.05) is 0 Å². The maximum atomic E-state index is 13.2. The van der Waals surface area contributed by atoms with Gasteiger partial charge in [0.25, 0.3) is 5.69 Å². The third-order valence-electron chi connectivity index (χ3n) is 4.88. The van der Waals surface area contributed by atoms with E-state index in [1.54, 1.807) is 30.3 Å². The van der Waals surface area contributed by atoms with Crippen molar-refractivity contribution in [3.05, 3.63) is 106 Å². The summed E-state index contributed by atoms with van der Waals surface area (Å²) < 4.78 is 0. The molecule has 30 heavy (non-hydrogen) atoms. The van der Waals surface area contributed by atoms with Gasteiger partial charge in [0.15, 0.2) is 11.6 Å². The third kappa shape index (κ3) is 3.86. The molecule has 1 atom stereocenters. The molecular formula is C23H17N3O4. The second-order valence-electron chi connectivity index (χ2n) is 6.86. The first-order valence-corrected chi connectivity index (χ1v) is 9.34. The Morgan fingerprint density at radius 1 is 0.933 bits per heavy atom. The zero-order chi connectivity index (χ0) is 21.1. The average molecular weight is 399 g/mol. The van der Waals surface area contributed by atoms with E-state index in [2.05, 4.69) is 9.97 Å². The maximum Gasteiger partial charge on any atom is 0.270 e. The molecule has 4 rings (SSSR count). The molecule has 0 saturated heterocycles. The highest BCUT2D eigenvalue weighted by molar-refractivity contribution is 6.06. The van der Waals surface area contributed by atoms with Crippen LogP contribution in [0.25, 0.3) is 11.0 Å². The summed E-state index contributed by atoms with van der Waals surface area (Å²) in [7, 11) is 0. The molecule has 0 fully saturated rings. The molecule has 4 aromatic rings. The molecular weight excluding hydrogens is 382 g/mol. The summed E-state index contributed by atoms with van der Waals surface area (Å²) in [5.74, 6) is -1.06. The highest BCUT2D eigenvalue weighted by Gasteiger charge is 2.28. The number of nitro benzene ring substituents is 1. The molecule has 0 amide bonds. The number of carbonyl (C=O) groups is 2. The van der Waals surface area contributed by atoms with Crippen molar-refractivity contribution < 1.29 is 14.5 Å². The summed E-state index contributed by atoms with van der Waals surface area (Å²) in [6.07, 6.45) is -0.158. The first-order chi connectivity index (χ1) is 14.5. The number of H-pyrrole nitrogens is 1. The van der Waals surface area contributed by atoms with E-state index >= 15 is 0 Å². The monoisotopic (exact) mass is 399 g/mol. The fraction of sp³-hybridized carbons (Fsp3) is 0.0870. The van der Waals surface area contributed by atoms with Crippen LogP contribution in [-0.4, -0.2) is 26.5 Å². The topological polar surface area (TPSA) is 106 Å². The number of aromatic nitrogens is 2. The van der Waals surface area contributed by atoms with Crippen LogP contribution in [0.1, 0.15) is 38.9 Å². The van der Waals surface area contributed by atoms with Gasteiger partial charge in [0.1, 0.15) is 5.82 Å². The van der Waals surface area contributed by atoms with Crippen molar-refractivity contribution in [3.63, 3.8) is 0 Å². The van der Waals surface area contributed by atoms with Crippen LogP contribution in [0.15, 0.2) is 78.9 Å². The van der Waals surface area contributed by atoms with Crippen LogP contribution in [0.2, 0.25) is 0 Å². The molecule has 3 aromatic carbocycles. The molecule has 0 saturated carbocycles.